The third kappa shape index (κ3) is 3.10. The van der Waals surface area contributed by atoms with Crippen LogP contribution in [0.2, 0.25) is 0 Å². The first kappa shape index (κ1) is 17.0. The lowest BCUT2D eigenvalue weighted by atomic mass is 9.86. The summed E-state index contributed by atoms with van der Waals surface area (Å²) in [6, 6.07) is 16.0. The first-order valence-corrected chi connectivity index (χ1v) is 8.31. The SMILES string of the molecule is C=C(c1ccc(C(C)(C)C)cc1)c1cc(C(=O)OC)c2ccccn12. The fourth-order valence-electron chi connectivity index (χ4n) is 2.98. The summed E-state index contributed by atoms with van der Waals surface area (Å²) in [5, 5.41) is 0. The molecule has 0 aliphatic carbocycles. The Hall–Kier alpha value is -2.81. The maximum atomic E-state index is 12.1. The zero-order valence-electron chi connectivity index (χ0n) is 15.2. The molecule has 2 heterocycles. The lowest BCUT2D eigenvalue weighted by molar-refractivity contribution is 0.0603. The maximum absolute atomic E-state index is 12.1. The van der Waals surface area contributed by atoms with Crippen molar-refractivity contribution in [3.8, 4) is 0 Å². The normalized spacial score (nSPS) is 11.5. The lowest BCUT2D eigenvalue weighted by Crippen LogP contribution is -2.10. The van der Waals surface area contributed by atoms with Crippen molar-refractivity contribution in [3.63, 3.8) is 0 Å². The Bertz CT molecular complexity index is 940. The molecule has 25 heavy (non-hydrogen) atoms. The van der Waals surface area contributed by atoms with Crippen LogP contribution >= 0.6 is 0 Å². The number of benzene rings is 1. The van der Waals surface area contributed by atoms with E-state index in [1.165, 1.54) is 12.7 Å². The van der Waals surface area contributed by atoms with Gasteiger partial charge in [-0.2, -0.15) is 0 Å². The Balaban J connectivity index is 2.07. The van der Waals surface area contributed by atoms with Gasteiger partial charge in [0, 0.05) is 6.20 Å². The molecule has 0 amide bonds. The van der Waals surface area contributed by atoms with Crippen LogP contribution in [0.4, 0.5) is 0 Å². The van der Waals surface area contributed by atoms with Crippen LogP contribution in [-0.4, -0.2) is 17.5 Å². The number of rotatable bonds is 3. The highest BCUT2D eigenvalue weighted by Gasteiger charge is 2.18. The molecule has 0 spiro atoms. The summed E-state index contributed by atoms with van der Waals surface area (Å²) >= 11 is 0. The lowest BCUT2D eigenvalue weighted by Gasteiger charge is -2.19. The molecule has 0 atom stereocenters. The fraction of sp³-hybridized carbons (Fsp3) is 0.227. The van der Waals surface area contributed by atoms with Gasteiger partial charge in [-0.1, -0.05) is 57.7 Å². The molecule has 0 radical (unpaired) electrons. The predicted octanol–water partition coefficient (Wildman–Crippen LogP) is 5.08. The minimum absolute atomic E-state index is 0.111. The van der Waals surface area contributed by atoms with Gasteiger partial charge in [0.1, 0.15) is 0 Å². The van der Waals surface area contributed by atoms with E-state index >= 15 is 0 Å². The van der Waals surface area contributed by atoms with Gasteiger partial charge in [-0.05, 0) is 40.3 Å². The second-order valence-corrected chi connectivity index (χ2v) is 7.20. The quantitative estimate of drug-likeness (QED) is 0.625. The number of hydrogen-bond donors (Lipinski definition) is 0. The molecular formula is C22H23NO2. The number of carbonyl (C=O) groups is 1. The molecule has 0 fully saturated rings. The summed E-state index contributed by atoms with van der Waals surface area (Å²) in [5.74, 6) is -0.342. The van der Waals surface area contributed by atoms with Gasteiger partial charge >= 0.3 is 5.97 Å². The van der Waals surface area contributed by atoms with E-state index in [-0.39, 0.29) is 11.4 Å². The van der Waals surface area contributed by atoms with Gasteiger partial charge in [0.05, 0.1) is 23.9 Å². The van der Waals surface area contributed by atoms with Crippen LogP contribution in [0.5, 0.6) is 0 Å². The zero-order valence-corrected chi connectivity index (χ0v) is 15.2. The van der Waals surface area contributed by atoms with Crippen molar-refractivity contribution in [2.75, 3.05) is 7.11 Å². The highest BCUT2D eigenvalue weighted by molar-refractivity contribution is 5.99. The maximum Gasteiger partial charge on any atom is 0.340 e. The smallest absolute Gasteiger partial charge is 0.340 e. The highest BCUT2D eigenvalue weighted by Crippen LogP contribution is 2.29. The number of carbonyl (C=O) groups excluding carboxylic acids is 1. The van der Waals surface area contributed by atoms with E-state index < -0.39 is 0 Å². The molecule has 0 bridgehead atoms. The van der Waals surface area contributed by atoms with Crippen LogP contribution in [-0.2, 0) is 10.2 Å². The number of methoxy groups -OCH3 is 1. The van der Waals surface area contributed by atoms with Crippen molar-refractivity contribution in [2.45, 2.75) is 26.2 Å². The predicted molar refractivity (Wildman–Crippen MR) is 102 cm³/mol. The molecular weight excluding hydrogens is 310 g/mol. The Morgan fingerprint density at radius 3 is 2.36 bits per heavy atom. The first-order chi connectivity index (χ1) is 11.8. The average molecular weight is 333 g/mol. The molecule has 1 aromatic carbocycles. The Morgan fingerprint density at radius 1 is 1.08 bits per heavy atom. The summed E-state index contributed by atoms with van der Waals surface area (Å²) < 4.78 is 6.89. The molecule has 3 rings (SSSR count). The molecule has 3 heteroatoms. The summed E-state index contributed by atoms with van der Waals surface area (Å²) in [4.78, 5) is 12.1. The van der Waals surface area contributed by atoms with Crippen LogP contribution < -0.4 is 0 Å². The molecule has 3 nitrogen and oxygen atoms in total. The van der Waals surface area contributed by atoms with Crippen molar-refractivity contribution in [3.05, 3.63) is 83.7 Å². The topological polar surface area (TPSA) is 30.7 Å². The van der Waals surface area contributed by atoms with Crippen molar-refractivity contribution in [1.82, 2.24) is 4.40 Å². The largest absolute Gasteiger partial charge is 0.465 e. The summed E-state index contributed by atoms with van der Waals surface area (Å²) in [7, 11) is 1.40. The zero-order chi connectivity index (χ0) is 18.2. The minimum atomic E-state index is -0.342. The minimum Gasteiger partial charge on any atom is -0.465 e. The van der Waals surface area contributed by atoms with E-state index in [4.69, 9.17) is 4.74 Å². The number of esters is 1. The molecule has 2 aromatic heterocycles. The molecule has 0 saturated carbocycles. The number of fused-ring (bicyclic) bond motifs is 1. The molecule has 0 aliphatic heterocycles. The van der Waals surface area contributed by atoms with Crippen LogP contribution in [0.25, 0.3) is 11.1 Å². The van der Waals surface area contributed by atoms with Crippen molar-refractivity contribution in [2.24, 2.45) is 0 Å². The Morgan fingerprint density at radius 2 is 1.76 bits per heavy atom. The highest BCUT2D eigenvalue weighted by atomic mass is 16.5. The number of aromatic nitrogens is 1. The molecule has 0 saturated heterocycles. The van der Waals surface area contributed by atoms with Gasteiger partial charge in [-0.25, -0.2) is 4.79 Å². The third-order valence-corrected chi connectivity index (χ3v) is 4.49. The van der Waals surface area contributed by atoms with Crippen molar-refractivity contribution >= 4 is 17.1 Å². The van der Waals surface area contributed by atoms with Crippen molar-refractivity contribution in [1.29, 1.82) is 0 Å². The molecule has 0 unspecified atom stereocenters. The fourth-order valence-corrected chi connectivity index (χ4v) is 2.98. The number of ether oxygens (including phenoxy) is 1. The van der Waals surface area contributed by atoms with Gasteiger partial charge in [-0.3, -0.25) is 0 Å². The number of hydrogen-bond acceptors (Lipinski definition) is 2. The standard InChI is InChI=1S/C22H23NO2/c1-15(16-9-11-17(12-10-16)22(2,3)4)20-14-18(21(24)25-5)19-8-6-7-13-23(19)20/h6-14H,1H2,2-5H3. The molecule has 3 aromatic rings. The summed E-state index contributed by atoms with van der Waals surface area (Å²) in [6.45, 7) is 10.8. The third-order valence-electron chi connectivity index (χ3n) is 4.49. The molecule has 0 N–H and O–H groups in total. The van der Waals surface area contributed by atoms with Gasteiger partial charge in [0.15, 0.2) is 0 Å². The van der Waals surface area contributed by atoms with Gasteiger partial charge < -0.3 is 9.14 Å². The second kappa shape index (κ2) is 6.25. The monoisotopic (exact) mass is 333 g/mol. The first-order valence-electron chi connectivity index (χ1n) is 8.31. The van der Waals surface area contributed by atoms with Gasteiger partial charge in [0.2, 0.25) is 0 Å². The van der Waals surface area contributed by atoms with E-state index in [9.17, 15) is 4.79 Å². The Kier molecular flexibility index (Phi) is 4.25. The van der Waals surface area contributed by atoms with E-state index in [2.05, 4.69) is 51.6 Å². The second-order valence-electron chi connectivity index (χ2n) is 7.20. The Labute approximate surface area is 148 Å². The van der Waals surface area contributed by atoms with E-state index in [1.807, 2.05) is 34.9 Å². The molecule has 128 valence electrons. The summed E-state index contributed by atoms with van der Waals surface area (Å²) in [5.41, 5.74) is 5.55. The van der Waals surface area contributed by atoms with Gasteiger partial charge in [-0.15, -0.1) is 0 Å². The molecule has 0 aliphatic rings. The number of pyridine rings is 1. The van der Waals surface area contributed by atoms with Crippen LogP contribution in [0.1, 0.15) is 48.0 Å². The van der Waals surface area contributed by atoms with Crippen LogP contribution in [0, 0.1) is 0 Å². The van der Waals surface area contributed by atoms with E-state index in [1.54, 1.807) is 0 Å². The average Bonchev–Trinajstić information content (AvgIpc) is 2.99. The van der Waals surface area contributed by atoms with E-state index in [0.29, 0.717) is 5.56 Å². The van der Waals surface area contributed by atoms with Crippen LogP contribution in [0.3, 0.4) is 0 Å². The summed E-state index contributed by atoms with van der Waals surface area (Å²) in [6.07, 6.45) is 1.94. The van der Waals surface area contributed by atoms with Gasteiger partial charge in [0.25, 0.3) is 0 Å². The van der Waals surface area contributed by atoms with E-state index in [0.717, 1.165) is 22.3 Å². The number of nitrogens with zero attached hydrogens (tertiary/aromatic N) is 1. The van der Waals surface area contributed by atoms with Crippen molar-refractivity contribution < 1.29 is 9.53 Å². The van der Waals surface area contributed by atoms with Crippen LogP contribution in [0.15, 0.2) is 61.3 Å².